The molecule has 0 aliphatic carbocycles. The van der Waals surface area contributed by atoms with Crippen LogP contribution in [-0.2, 0) is 11.3 Å². The molecule has 0 saturated heterocycles. The van der Waals surface area contributed by atoms with Crippen LogP contribution in [0, 0.1) is 5.41 Å². The van der Waals surface area contributed by atoms with Crippen molar-refractivity contribution in [2.75, 3.05) is 6.54 Å². The first kappa shape index (κ1) is 14.5. The number of halogens is 1. The van der Waals surface area contributed by atoms with Gasteiger partial charge in [-0.05, 0) is 25.0 Å². The SMILES string of the molecule is CCC(CC)(CN)C(=O)NCc1ccc(Cl)s1. The first-order valence-corrected chi connectivity index (χ1v) is 7.00. The van der Waals surface area contributed by atoms with Crippen molar-refractivity contribution >= 4 is 28.8 Å². The largest absolute Gasteiger partial charge is 0.351 e. The lowest BCUT2D eigenvalue weighted by atomic mass is 9.81. The summed E-state index contributed by atoms with van der Waals surface area (Å²) in [5, 5.41) is 2.94. The number of nitrogens with one attached hydrogen (secondary N) is 1. The van der Waals surface area contributed by atoms with E-state index in [0.29, 0.717) is 13.1 Å². The van der Waals surface area contributed by atoms with Crippen molar-refractivity contribution in [1.29, 1.82) is 0 Å². The lowest BCUT2D eigenvalue weighted by Crippen LogP contribution is -2.44. The van der Waals surface area contributed by atoms with Crippen molar-refractivity contribution in [3.05, 3.63) is 21.3 Å². The van der Waals surface area contributed by atoms with Gasteiger partial charge >= 0.3 is 0 Å². The summed E-state index contributed by atoms with van der Waals surface area (Å²) in [6, 6.07) is 3.76. The number of rotatable bonds is 6. The van der Waals surface area contributed by atoms with E-state index in [1.165, 1.54) is 11.3 Å². The minimum Gasteiger partial charge on any atom is -0.351 e. The summed E-state index contributed by atoms with van der Waals surface area (Å²) >= 11 is 7.32. The molecule has 0 aliphatic heterocycles. The van der Waals surface area contributed by atoms with Crippen molar-refractivity contribution in [2.24, 2.45) is 11.1 Å². The van der Waals surface area contributed by atoms with Crippen LogP contribution < -0.4 is 11.1 Å². The molecular formula is C12H19ClN2OS. The van der Waals surface area contributed by atoms with E-state index >= 15 is 0 Å². The molecule has 0 unspecified atom stereocenters. The number of carbonyl (C=O) groups is 1. The van der Waals surface area contributed by atoms with Crippen molar-refractivity contribution in [3.8, 4) is 0 Å². The van der Waals surface area contributed by atoms with Crippen LogP contribution in [0.2, 0.25) is 4.34 Å². The molecule has 1 aromatic heterocycles. The van der Waals surface area contributed by atoms with Gasteiger partial charge < -0.3 is 11.1 Å². The second-order valence-corrected chi connectivity index (χ2v) is 5.88. The number of amides is 1. The summed E-state index contributed by atoms with van der Waals surface area (Å²) in [6.45, 7) is 4.91. The van der Waals surface area contributed by atoms with Crippen molar-refractivity contribution in [3.63, 3.8) is 0 Å². The van der Waals surface area contributed by atoms with Crippen LogP contribution in [0.25, 0.3) is 0 Å². The number of thiophene rings is 1. The van der Waals surface area contributed by atoms with Gasteiger partial charge in [-0.3, -0.25) is 4.79 Å². The maximum Gasteiger partial charge on any atom is 0.227 e. The highest BCUT2D eigenvalue weighted by Gasteiger charge is 2.32. The van der Waals surface area contributed by atoms with Gasteiger partial charge in [-0.25, -0.2) is 0 Å². The zero-order valence-corrected chi connectivity index (χ0v) is 11.8. The first-order valence-electron chi connectivity index (χ1n) is 5.80. The van der Waals surface area contributed by atoms with Crippen LogP contribution in [0.5, 0.6) is 0 Å². The second kappa shape index (κ2) is 6.38. The molecule has 0 aromatic carbocycles. The molecule has 1 aromatic rings. The van der Waals surface area contributed by atoms with Gasteiger partial charge in [-0.15, -0.1) is 11.3 Å². The van der Waals surface area contributed by atoms with Gasteiger partial charge in [-0.2, -0.15) is 0 Å². The van der Waals surface area contributed by atoms with Gasteiger partial charge in [0.25, 0.3) is 0 Å². The fourth-order valence-electron chi connectivity index (χ4n) is 1.75. The lowest BCUT2D eigenvalue weighted by Gasteiger charge is -2.28. The van der Waals surface area contributed by atoms with E-state index in [-0.39, 0.29) is 5.91 Å². The molecule has 96 valence electrons. The average Bonchev–Trinajstić information content (AvgIpc) is 2.75. The maximum atomic E-state index is 12.1. The summed E-state index contributed by atoms with van der Waals surface area (Å²) in [5.74, 6) is 0.0366. The summed E-state index contributed by atoms with van der Waals surface area (Å²) < 4.78 is 0.741. The summed E-state index contributed by atoms with van der Waals surface area (Å²) in [6.07, 6.45) is 1.52. The minimum absolute atomic E-state index is 0.0366. The van der Waals surface area contributed by atoms with Crippen LogP contribution in [0.4, 0.5) is 0 Å². The molecule has 1 heterocycles. The molecule has 1 amide bonds. The topological polar surface area (TPSA) is 55.1 Å². The zero-order valence-electron chi connectivity index (χ0n) is 10.3. The summed E-state index contributed by atoms with van der Waals surface area (Å²) in [4.78, 5) is 13.2. The van der Waals surface area contributed by atoms with Crippen molar-refractivity contribution in [2.45, 2.75) is 33.2 Å². The molecule has 0 bridgehead atoms. The Hall–Kier alpha value is -0.580. The van der Waals surface area contributed by atoms with Crippen LogP contribution >= 0.6 is 22.9 Å². The predicted octanol–water partition coefficient (Wildman–Crippen LogP) is 2.78. The highest BCUT2D eigenvalue weighted by molar-refractivity contribution is 7.16. The molecule has 0 spiro atoms. The van der Waals surface area contributed by atoms with Gasteiger partial charge in [0.2, 0.25) is 5.91 Å². The molecular weight excluding hydrogens is 256 g/mol. The number of carbonyl (C=O) groups excluding carboxylic acids is 1. The average molecular weight is 275 g/mol. The van der Waals surface area contributed by atoms with Gasteiger partial charge in [-0.1, -0.05) is 25.4 Å². The van der Waals surface area contributed by atoms with Gasteiger partial charge in [0.05, 0.1) is 16.3 Å². The fourth-order valence-corrected chi connectivity index (χ4v) is 2.78. The molecule has 3 nitrogen and oxygen atoms in total. The Bertz CT molecular complexity index is 366. The van der Waals surface area contributed by atoms with Gasteiger partial charge in [0.1, 0.15) is 0 Å². The van der Waals surface area contributed by atoms with E-state index in [9.17, 15) is 4.79 Å². The third kappa shape index (κ3) is 3.44. The Morgan fingerprint density at radius 3 is 2.53 bits per heavy atom. The fraction of sp³-hybridized carbons (Fsp3) is 0.583. The molecule has 0 atom stereocenters. The highest BCUT2D eigenvalue weighted by Crippen LogP contribution is 2.26. The summed E-state index contributed by atoms with van der Waals surface area (Å²) in [5.41, 5.74) is 5.29. The number of hydrogen-bond donors (Lipinski definition) is 2. The molecule has 5 heteroatoms. The Labute approximate surface area is 111 Å². The van der Waals surface area contributed by atoms with E-state index in [1.54, 1.807) is 0 Å². The molecule has 17 heavy (non-hydrogen) atoms. The highest BCUT2D eigenvalue weighted by atomic mass is 35.5. The van der Waals surface area contributed by atoms with E-state index in [4.69, 9.17) is 17.3 Å². The maximum absolute atomic E-state index is 12.1. The van der Waals surface area contributed by atoms with Crippen molar-refractivity contribution in [1.82, 2.24) is 5.32 Å². The molecule has 0 saturated carbocycles. The van der Waals surface area contributed by atoms with Crippen LogP contribution in [0.15, 0.2) is 12.1 Å². The lowest BCUT2D eigenvalue weighted by molar-refractivity contribution is -0.131. The van der Waals surface area contributed by atoms with Crippen LogP contribution in [0.1, 0.15) is 31.6 Å². The van der Waals surface area contributed by atoms with E-state index in [2.05, 4.69) is 5.32 Å². The Kier molecular flexibility index (Phi) is 5.43. The van der Waals surface area contributed by atoms with E-state index in [1.807, 2.05) is 26.0 Å². The second-order valence-electron chi connectivity index (χ2n) is 4.08. The number of nitrogens with two attached hydrogens (primary N) is 1. The van der Waals surface area contributed by atoms with Crippen LogP contribution in [0.3, 0.4) is 0 Å². The smallest absolute Gasteiger partial charge is 0.227 e. The molecule has 0 aliphatic rings. The molecule has 0 fully saturated rings. The van der Waals surface area contributed by atoms with Gasteiger partial charge in [0.15, 0.2) is 0 Å². The third-order valence-electron chi connectivity index (χ3n) is 3.28. The Morgan fingerprint density at radius 2 is 2.12 bits per heavy atom. The third-order valence-corrected chi connectivity index (χ3v) is 4.51. The first-order chi connectivity index (χ1) is 8.07. The van der Waals surface area contributed by atoms with E-state index in [0.717, 1.165) is 22.1 Å². The molecule has 1 rings (SSSR count). The monoisotopic (exact) mass is 274 g/mol. The minimum atomic E-state index is -0.430. The number of hydrogen-bond acceptors (Lipinski definition) is 3. The van der Waals surface area contributed by atoms with E-state index < -0.39 is 5.41 Å². The normalized spacial score (nSPS) is 11.5. The van der Waals surface area contributed by atoms with Crippen molar-refractivity contribution < 1.29 is 4.79 Å². The molecule has 3 N–H and O–H groups in total. The predicted molar refractivity (Wildman–Crippen MR) is 73.2 cm³/mol. The van der Waals surface area contributed by atoms with Crippen LogP contribution in [-0.4, -0.2) is 12.5 Å². The quantitative estimate of drug-likeness (QED) is 0.838. The molecule has 0 radical (unpaired) electrons. The van der Waals surface area contributed by atoms with Gasteiger partial charge in [0, 0.05) is 11.4 Å². The zero-order chi connectivity index (χ0) is 12.9. The summed E-state index contributed by atoms with van der Waals surface area (Å²) in [7, 11) is 0. The Balaban J connectivity index is 2.59. The standard InChI is InChI=1S/C12H19ClN2OS/c1-3-12(4-2,8-14)11(16)15-7-9-5-6-10(13)17-9/h5-6H,3-4,7-8,14H2,1-2H3,(H,15,16). The Morgan fingerprint density at radius 1 is 1.47 bits per heavy atom.